The number of benzene rings is 1. The average molecular weight is 469 g/mol. The van der Waals surface area contributed by atoms with E-state index in [-0.39, 0.29) is 31.5 Å². The molecule has 1 atom stereocenters. The lowest BCUT2D eigenvalue weighted by atomic mass is 10.1. The number of esters is 1. The maximum Gasteiger partial charge on any atom is 0.341 e. The lowest BCUT2D eigenvalue weighted by Crippen LogP contribution is -3.11. The molecule has 1 aromatic carbocycles. The van der Waals surface area contributed by atoms with E-state index < -0.39 is 5.97 Å². The summed E-state index contributed by atoms with van der Waals surface area (Å²) in [5.41, 5.74) is 1.62. The molecule has 0 spiro atoms. The van der Waals surface area contributed by atoms with E-state index in [1.54, 1.807) is 32.2 Å². The third-order valence-corrected chi connectivity index (χ3v) is 5.84. The second-order valence-corrected chi connectivity index (χ2v) is 8.62. The number of thiophene rings is 1. The van der Waals surface area contributed by atoms with Crippen LogP contribution in [0.5, 0.6) is 5.75 Å². The van der Waals surface area contributed by atoms with Gasteiger partial charge in [0.25, 0.3) is 11.8 Å². The van der Waals surface area contributed by atoms with Gasteiger partial charge >= 0.3 is 5.97 Å². The molecule has 1 unspecified atom stereocenters. The standard InChI is InChI=1S/C21H26ClN3O5S/c1-6-30-21(28)19-12(2)13(3)31-20(19)24-18(27)11-25(4)10-17(26)23-15-9-14(22)7-8-16(15)29-5/h7-9H,6,10-11H2,1-5H3,(H,23,26)(H,24,27)/p+1. The Bertz CT molecular complexity index is 976. The summed E-state index contributed by atoms with van der Waals surface area (Å²) in [6, 6.07) is 4.92. The van der Waals surface area contributed by atoms with E-state index in [0.717, 1.165) is 10.4 Å². The molecule has 2 amide bonds. The van der Waals surface area contributed by atoms with Crippen LogP contribution in [0.4, 0.5) is 10.7 Å². The molecule has 0 bridgehead atoms. The maximum atomic E-state index is 12.5. The first-order valence-corrected chi connectivity index (χ1v) is 10.9. The minimum Gasteiger partial charge on any atom is -0.495 e. The molecule has 0 aliphatic carbocycles. The Hall–Kier alpha value is -2.62. The van der Waals surface area contributed by atoms with Crippen LogP contribution in [0.15, 0.2) is 18.2 Å². The zero-order valence-corrected chi connectivity index (χ0v) is 19.8. The van der Waals surface area contributed by atoms with Crippen LogP contribution in [0.3, 0.4) is 0 Å². The Morgan fingerprint density at radius 1 is 1.13 bits per heavy atom. The minimum atomic E-state index is -0.463. The van der Waals surface area contributed by atoms with E-state index in [4.69, 9.17) is 21.1 Å². The van der Waals surface area contributed by atoms with Crippen molar-refractivity contribution in [3.8, 4) is 5.75 Å². The molecule has 2 aromatic rings. The van der Waals surface area contributed by atoms with Gasteiger partial charge < -0.3 is 25.0 Å². The Morgan fingerprint density at radius 2 is 1.77 bits per heavy atom. The summed E-state index contributed by atoms with van der Waals surface area (Å²) in [4.78, 5) is 38.7. The fourth-order valence-corrected chi connectivity index (χ4v) is 4.15. The fraction of sp³-hybridized carbons (Fsp3) is 0.381. The van der Waals surface area contributed by atoms with E-state index in [0.29, 0.717) is 31.9 Å². The molecule has 168 valence electrons. The van der Waals surface area contributed by atoms with Gasteiger partial charge in [0.15, 0.2) is 13.1 Å². The van der Waals surface area contributed by atoms with Crippen molar-refractivity contribution in [2.75, 3.05) is 44.5 Å². The first-order chi connectivity index (χ1) is 14.7. The maximum absolute atomic E-state index is 12.5. The van der Waals surface area contributed by atoms with Gasteiger partial charge in [-0.1, -0.05) is 11.6 Å². The van der Waals surface area contributed by atoms with Crippen LogP contribution in [-0.2, 0) is 14.3 Å². The molecule has 0 aliphatic heterocycles. The van der Waals surface area contributed by atoms with Crippen LogP contribution >= 0.6 is 22.9 Å². The summed E-state index contributed by atoms with van der Waals surface area (Å²) in [6.45, 7) is 5.77. The number of hydrogen-bond acceptors (Lipinski definition) is 6. The number of carbonyl (C=O) groups excluding carboxylic acids is 3. The van der Waals surface area contributed by atoms with E-state index in [1.807, 2.05) is 13.8 Å². The molecular weight excluding hydrogens is 442 g/mol. The Kier molecular flexibility index (Phi) is 8.85. The average Bonchev–Trinajstić information content (AvgIpc) is 2.95. The van der Waals surface area contributed by atoms with Crippen molar-refractivity contribution < 1.29 is 28.8 Å². The van der Waals surface area contributed by atoms with Crippen LogP contribution < -0.4 is 20.3 Å². The quantitative estimate of drug-likeness (QED) is 0.490. The molecule has 31 heavy (non-hydrogen) atoms. The highest BCUT2D eigenvalue weighted by molar-refractivity contribution is 7.16. The predicted octanol–water partition coefficient (Wildman–Crippen LogP) is 2.30. The Labute approximate surface area is 190 Å². The van der Waals surface area contributed by atoms with Crippen molar-refractivity contribution in [2.24, 2.45) is 0 Å². The van der Waals surface area contributed by atoms with Gasteiger partial charge in [0.1, 0.15) is 10.8 Å². The molecule has 3 N–H and O–H groups in total. The van der Waals surface area contributed by atoms with Crippen molar-refractivity contribution in [1.29, 1.82) is 0 Å². The zero-order chi connectivity index (χ0) is 23.1. The molecule has 1 aromatic heterocycles. The number of halogens is 1. The van der Waals surface area contributed by atoms with Crippen molar-refractivity contribution in [1.82, 2.24) is 0 Å². The number of carbonyl (C=O) groups is 3. The van der Waals surface area contributed by atoms with Gasteiger partial charge in [-0.3, -0.25) is 9.59 Å². The van der Waals surface area contributed by atoms with Crippen LogP contribution in [0, 0.1) is 13.8 Å². The number of ether oxygens (including phenoxy) is 2. The summed E-state index contributed by atoms with van der Waals surface area (Å²) >= 11 is 7.30. The number of aryl methyl sites for hydroxylation is 1. The summed E-state index contributed by atoms with van der Waals surface area (Å²) in [5.74, 6) is -0.573. The summed E-state index contributed by atoms with van der Waals surface area (Å²) in [7, 11) is 3.23. The van der Waals surface area contributed by atoms with Crippen LogP contribution in [0.1, 0.15) is 27.7 Å². The van der Waals surface area contributed by atoms with E-state index in [1.165, 1.54) is 18.4 Å². The molecule has 0 radical (unpaired) electrons. The highest BCUT2D eigenvalue weighted by Crippen LogP contribution is 2.33. The van der Waals surface area contributed by atoms with E-state index in [2.05, 4.69) is 10.6 Å². The van der Waals surface area contributed by atoms with Gasteiger partial charge in [-0.25, -0.2) is 4.79 Å². The van der Waals surface area contributed by atoms with Crippen molar-refractivity contribution >= 4 is 51.4 Å². The van der Waals surface area contributed by atoms with Crippen molar-refractivity contribution in [2.45, 2.75) is 20.8 Å². The number of nitrogens with one attached hydrogen (secondary N) is 3. The second-order valence-electron chi connectivity index (χ2n) is 6.96. The molecule has 2 rings (SSSR count). The first-order valence-electron chi connectivity index (χ1n) is 9.67. The molecule has 0 saturated heterocycles. The monoisotopic (exact) mass is 468 g/mol. The largest absolute Gasteiger partial charge is 0.495 e. The molecule has 0 aliphatic rings. The first kappa shape index (κ1) is 24.6. The normalized spacial score (nSPS) is 11.5. The van der Waals surface area contributed by atoms with Gasteiger partial charge in [0.2, 0.25) is 0 Å². The molecule has 1 heterocycles. The Balaban J connectivity index is 1.98. The van der Waals surface area contributed by atoms with Gasteiger partial charge in [-0.2, -0.15) is 0 Å². The number of likely N-dealkylation sites (N-methyl/N-ethyl adjacent to an activating group) is 1. The topological polar surface area (TPSA) is 98.2 Å². The lowest BCUT2D eigenvalue weighted by Gasteiger charge is -2.15. The van der Waals surface area contributed by atoms with Crippen molar-refractivity contribution in [3.63, 3.8) is 0 Å². The SMILES string of the molecule is CCOC(=O)c1c(NC(=O)C[NH+](C)CC(=O)Nc2cc(Cl)ccc2OC)sc(C)c1C. The molecule has 8 nitrogen and oxygen atoms in total. The lowest BCUT2D eigenvalue weighted by molar-refractivity contribution is -0.862. The molecule has 10 heteroatoms. The second kappa shape index (κ2) is 11.1. The van der Waals surface area contributed by atoms with Crippen molar-refractivity contribution in [3.05, 3.63) is 39.2 Å². The Morgan fingerprint density at radius 3 is 2.39 bits per heavy atom. The van der Waals surface area contributed by atoms with E-state index in [9.17, 15) is 14.4 Å². The van der Waals surface area contributed by atoms with Gasteiger partial charge in [0, 0.05) is 9.90 Å². The number of amides is 2. The molecule has 0 saturated carbocycles. The molecular formula is C21H27ClN3O5S+. The smallest absolute Gasteiger partial charge is 0.341 e. The number of rotatable bonds is 9. The third kappa shape index (κ3) is 6.68. The van der Waals surface area contributed by atoms with E-state index >= 15 is 0 Å². The van der Waals surface area contributed by atoms with Gasteiger partial charge in [-0.15, -0.1) is 11.3 Å². The highest BCUT2D eigenvalue weighted by Gasteiger charge is 2.23. The zero-order valence-electron chi connectivity index (χ0n) is 18.2. The summed E-state index contributed by atoms with van der Waals surface area (Å²) in [6.07, 6.45) is 0. The van der Waals surface area contributed by atoms with Crippen LogP contribution in [0.2, 0.25) is 5.02 Å². The summed E-state index contributed by atoms with van der Waals surface area (Å²) < 4.78 is 10.3. The number of hydrogen-bond donors (Lipinski definition) is 3. The number of anilines is 2. The van der Waals surface area contributed by atoms with Crippen LogP contribution in [0.25, 0.3) is 0 Å². The van der Waals surface area contributed by atoms with Gasteiger partial charge in [0.05, 0.1) is 32.0 Å². The number of quaternary nitrogens is 1. The van der Waals surface area contributed by atoms with Crippen LogP contribution in [-0.4, -0.2) is 51.6 Å². The fourth-order valence-electron chi connectivity index (χ4n) is 2.92. The number of methoxy groups -OCH3 is 1. The highest BCUT2D eigenvalue weighted by atomic mass is 35.5. The predicted molar refractivity (Wildman–Crippen MR) is 122 cm³/mol. The van der Waals surface area contributed by atoms with Gasteiger partial charge in [-0.05, 0) is 44.5 Å². The summed E-state index contributed by atoms with van der Waals surface area (Å²) in [5, 5.41) is 6.45. The minimum absolute atomic E-state index is 0.0400. The molecule has 0 fully saturated rings. The third-order valence-electron chi connectivity index (χ3n) is 4.48.